The van der Waals surface area contributed by atoms with Crippen LogP contribution in [0.2, 0.25) is 0 Å². The number of hydrogen-bond acceptors (Lipinski definition) is 3. The third-order valence-corrected chi connectivity index (χ3v) is 3.58. The first-order valence-corrected chi connectivity index (χ1v) is 6.26. The van der Waals surface area contributed by atoms with Gasteiger partial charge in [-0.15, -0.1) is 0 Å². The van der Waals surface area contributed by atoms with E-state index in [-0.39, 0.29) is 0 Å². The van der Waals surface area contributed by atoms with Crippen LogP contribution in [0.15, 0.2) is 24.4 Å². The Kier molecular flexibility index (Phi) is 2.73. The minimum absolute atomic E-state index is 0.737. The van der Waals surface area contributed by atoms with Gasteiger partial charge in [0.2, 0.25) is 0 Å². The summed E-state index contributed by atoms with van der Waals surface area (Å²) in [7, 11) is 0. The number of rotatable bonds is 2. The molecule has 0 spiro atoms. The molecule has 0 saturated carbocycles. The van der Waals surface area contributed by atoms with Crippen molar-refractivity contribution in [3.05, 3.63) is 30.2 Å². The minimum atomic E-state index is 0.737. The lowest BCUT2D eigenvalue weighted by atomic mass is 9.94. The summed E-state index contributed by atoms with van der Waals surface area (Å²) in [6, 6.07) is 5.95. The Bertz CT molecular complexity index is 511. The molecule has 3 heterocycles. The molecule has 4 heteroatoms. The highest BCUT2D eigenvalue weighted by atomic mass is 15.1. The number of aromatic nitrogens is 2. The first-order chi connectivity index (χ1) is 8.34. The highest BCUT2D eigenvalue weighted by Gasteiger charge is 2.16. The highest BCUT2D eigenvalue weighted by molar-refractivity contribution is 5.53. The maximum absolute atomic E-state index is 6.02. The number of anilines is 1. The standard InChI is InChI=1S/C13H18N4/c14-12-3-1-2-11-9-16-13(17(11)12)8-10-4-6-15-7-5-10/h1-3,9-10,15H,4-8,14H2. The predicted molar refractivity (Wildman–Crippen MR) is 68.9 cm³/mol. The van der Waals surface area contributed by atoms with E-state index in [1.54, 1.807) is 0 Å². The molecule has 1 saturated heterocycles. The average Bonchev–Trinajstić information content (AvgIpc) is 2.75. The molecule has 4 nitrogen and oxygen atoms in total. The van der Waals surface area contributed by atoms with Crippen LogP contribution in [-0.4, -0.2) is 22.5 Å². The summed E-state index contributed by atoms with van der Waals surface area (Å²) in [5.41, 5.74) is 7.11. The predicted octanol–water partition coefficient (Wildman–Crippen LogP) is 1.46. The minimum Gasteiger partial charge on any atom is -0.385 e. The second kappa shape index (κ2) is 4.37. The number of fused-ring (bicyclic) bond motifs is 1. The van der Waals surface area contributed by atoms with Gasteiger partial charge in [0.25, 0.3) is 0 Å². The Balaban J connectivity index is 1.89. The van der Waals surface area contributed by atoms with Gasteiger partial charge >= 0.3 is 0 Å². The van der Waals surface area contributed by atoms with Gasteiger partial charge in [-0.1, -0.05) is 6.07 Å². The highest BCUT2D eigenvalue weighted by Crippen LogP contribution is 2.20. The lowest BCUT2D eigenvalue weighted by Gasteiger charge is -2.22. The van der Waals surface area contributed by atoms with Gasteiger partial charge in [0.15, 0.2) is 0 Å². The van der Waals surface area contributed by atoms with E-state index in [0.717, 1.165) is 42.6 Å². The van der Waals surface area contributed by atoms with Crippen LogP contribution in [0.4, 0.5) is 5.82 Å². The molecule has 0 aliphatic carbocycles. The Labute approximate surface area is 101 Å². The maximum atomic E-state index is 6.02. The van der Waals surface area contributed by atoms with Gasteiger partial charge in [-0.25, -0.2) is 4.98 Å². The second-order valence-electron chi connectivity index (χ2n) is 4.78. The summed E-state index contributed by atoms with van der Waals surface area (Å²) in [4.78, 5) is 4.51. The van der Waals surface area contributed by atoms with Gasteiger partial charge in [0.1, 0.15) is 11.6 Å². The van der Waals surface area contributed by atoms with Crippen molar-refractivity contribution in [1.29, 1.82) is 0 Å². The van der Waals surface area contributed by atoms with Crippen LogP contribution < -0.4 is 11.1 Å². The molecule has 1 fully saturated rings. The number of nitrogens with two attached hydrogens (primary N) is 1. The molecule has 0 unspecified atom stereocenters. The molecular formula is C13H18N4. The fourth-order valence-corrected chi connectivity index (χ4v) is 2.63. The topological polar surface area (TPSA) is 55.3 Å². The second-order valence-corrected chi connectivity index (χ2v) is 4.78. The van der Waals surface area contributed by atoms with Crippen molar-refractivity contribution in [2.45, 2.75) is 19.3 Å². The molecule has 1 aliphatic rings. The SMILES string of the molecule is Nc1cccc2cnc(CC3CCNCC3)n12. The Morgan fingerprint density at radius 3 is 3.00 bits per heavy atom. The van der Waals surface area contributed by atoms with E-state index < -0.39 is 0 Å². The van der Waals surface area contributed by atoms with Crippen LogP contribution in [0, 0.1) is 5.92 Å². The smallest absolute Gasteiger partial charge is 0.115 e. The van der Waals surface area contributed by atoms with E-state index >= 15 is 0 Å². The Hall–Kier alpha value is -1.55. The van der Waals surface area contributed by atoms with E-state index in [1.807, 2.05) is 18.3 Å². The molecule has 17 heavy (non-hydrogen) atoms. The lowest BCUT2D eigenvalue weighted by molar-refractivity contribution is 0.367. The molecular weight excluding hydrogens is 212 g/mol. The summed E-state index contributed by atoms with van der Waals surface area (Å²) >= 11 is 0. The molecule has 0 atom stereocenters. The summed E-state index contributed by atoms with van der Waals surface area (Å²) in [6.45, 7) is 2.26. The van der Waals surface area contributed by atoms with Crippen LogP contribution in [0.25, 0.3) is 5.52 Å². The third kappa shape index (κ3) is 2.00. The van der Waals surface area contributed by atoms with Crippen molar-refractivity contribution in [2.75, 3.05) is 18.8 Å². The number of imidazole rings is 1. The molecule has 0 amide bonds. The summed E-state index contributed by atoms with van der Waals surface area (Å²) in [6.07, 6.45) is 5.42. The summed E-state index contributed by atoms with van der Waals surface area (Å²) in [5, 5.41) is 3.39. The maximum Gasteiger partial charge on any atom is 0.115 e. The van der Waals surface area contributed by atoms with E-state index in [2.05, 4.69) is 20.8 Å². The Morgan fingerprint density at radius 1 is 1.35 bits per heavy atom. The number of piperidine rings is 1. The molecule has 0 radical (unpaired) electrons. The van der Waals surface area contributed by atoms with E-state index in [0.29, 0.717) is 0 Å². The molecule has 0 bridgehead atoms. The van der Waals surface area contributed by atoms with Crippen molar-refractivity contribution in [3.63, 3.8) is 0 Å². The quantitative estimate of drug-likeness (QED) is 0.821. The zero-order valence-electron chi connectivity index (χ0n) is 9.89. The largest absolute Gasteiger partial charge is 0.385 e. The average molecular weight is 230 g/mol. The zero-order valence-corrected chi connectivity index (χ0v) is 9.89. The summed E-state index contributed by atoms with van der Waals surface area (Å²) < 4.78 is 2.07. The first-order valence-electron chi connectivity index (χ1n) is 6.26. The Morgan fingerprint density at radius 2 is 2.18 bits per heavy atom. The molecule has 2 aromatic heterocycles. The number of nitrogen functional groups attached to an aromatic ring is 1. The van der Waals surface area contributed by atoms with Crippen molar-refractivity contribution >= 4 is 11.3 Å². The van der Waals surface area contributed by atoms with Crippen LogP contribution >= 0.6 is 0 Å². The van der Waals surface area contributed by atoms with Gasteiger partial charge in [-0.05, 0) is 44.0 Å². The van der Waals surface area contributed by atoms with Crippen molar-refractivity contribution < 1.29 is 0 Å². The molecule has 2 aromatic rings. The third-order valence-electron chi connectivity index (χ3n) is 3.58. The molecule has 3 rings (SSSR count). The first kappa shape index (κ1) is 10.6. The van der Waals surface area contributed by atoms with Crippen LogP contribution in [-0.2, 0) is 6.42 Å². The molecule has 3 N–H and O–H groups in total. The normalized spacial score (nSPS) is 17.6. The van der Waals surface area contributed by atoms with Crippen LogP contribution in [0.5, 0.6) is 0 Å². The monoisotopic (exact) mass is 230 g/mol. The number of nitrogens with zero attached hydrogens (tertiary/aromatic N) is 2. The summed E-state index contributed by atoms with van der Waals surface area (Å²) in [5.74, 6) is 2.62. The van der Waals surface area contributed by atoms with Gasteiger partial charge in [0.05, 0.1) is 11.7 Å². The van der Waals surface area contributed by atoms with E-state index in [4.69, 9.17) is 5.73 Å². The fourth-order valence-electron chi connectivity index (χ4n) is 2.63. The zero-order chi connectivity index (χ0) is 11.7. The van der Waals surface area contributed by atoms with Gasteiger partial charge in [-0.2, -0.15) is 0 Å². The van der Waals surface area contributed by atoms with Crippen molar-refractivity contribution in [1.82, 2.24) is 14.7 Å². The van der Waals surface area contributed by atoms with E-state index in [9.17, 15) is 0 Å². The molecule has 90 valence electrons. The number of nitrogens with one attached hydrogen (secondary N) is 1. The van der Waals surface area contributed by atoms with E-state index in [1.165, 1.54) is 12.8 Å². The van der Waals surface area contributed by atoms with Gasteiger partial charge in [0, 0.05) is 6.42 Å². The molecule has 1 aliphatic heterocycles. The van der Waals surface area contributed by atoms with Gasteiger partial charge in [-0.3, -0.25) is 4.40 Å². The van der Waals surface area contributed by atoms with Crippen LogP contribution in [0.3, 0.4) is 0 Å². The van der Waals surface area contributed by atoms with Gasteiger partial charge < -0.3 is 11.1 Å². The lowest BCUT2D eigenvalue weighted by Crippen LogP contribution is -2.29. The number of hydrogen-bond donors (Lipinski definition) is 2. The number of pyridine rings is 1. The molecule has 0 aromatic carbocycles. The van der Waals surface area contributed by atoms with Crippen LogP contribution in [0.1, 0.15) is 18.7 Å². The van der Waals surface area contributed by atoms with Crippen molar-refractivity contribution in [2.24, 2.45) is 5.92 Å². The van der Waals surface area contributed by atoms with Crippen molar-refractivity contribution in [3.8, 4) is 0 Å². The fraction of sp³-hybridized carbons (Fsp3) is 0.462.